The Morgan fingerprint density at radius 1 is 0.958 bits per heavy atom. The molecule has 0 amide bonds. The normalized spacial score (nSPS) is 10.8. The predicted molar refractivity (Wildman–Crippen MR) is 92.3 cm³/mol. The van der Waals surface area contributed by atoms with Crippen molar-refractivity contribution in [1.29, 1.82) is 0 Å². The van der Waals surface area contributed by atoms with Crippen LogP contribution in [0.4, 0.5) is 11.5 Å². The molecule has 2 heterocycles. The molecule has 4 aromatic rings. The van der Waals surface area contributed by atoms with Crippen molar-refractivity contribution in [3.63, 3.8) is 0 Å². The molecule has 2 aromatic heterocycles. The average molecular weight is 317 g/mol. The van der Waals surface area contributed by atoms with E-state index in [1.165, 1.54) is 6.33 Å². The fraction of sp³-hybridized carbons (Fsp3) is 0.0556. The summed E-state index contributed by atoms with van der Waals surface area (Å²) in [6, 6.07) is 17.0. The van der Waals surface area contributed by atoms with E-state index in [9.17, 15) is 5.11 Å². The number of aromatic hydroxyl groups is 1. The van der Waals surface area contributed by atoms with Crippen LogP contribution < -0.4 is 5.32 Å². The molecule has 0 atom stereocenters. The Kier molecular flexibility index (Phi) is 3.55. The van der Waals surface area contributed by atoms with Crippen LogP contribution in [0.3, 0.4) is 0 Å². The number of fused-ring (bicyclic) bond motifs is 1. The number of nitrogens with zero attached hydrogens (tertiary/aromatic N) is 4. The fourth-order valence-corrected chi connectivity index (χ4v) is 2.55. The van der Waals surface area contributed by atoms with Crippen molar-refractivity contribution in [1.82, 2.24) is 19.7 Å². The highest BCUT2D eigenvalue weighted by Gasteiger charge is 2.10. The molecule has 24 heavy (non-hydrogen) atoms. The van der Waals surface area contributed by atoms with Gasteiger partial charge in [0.15, 0.2) is 5.65 Å². The van der Waals surface area contributed by atoms with E-state index < -0.39 is 0 Å². The number of aromatic nitrogens is 4. The van der Waals surface area contributed by atoms with E-state index in [-0.39, 0.29) is 5.75 Å². The van der Waals surface area contributed by atoms with Crippen molar-refractivity contribution in [2.75, 3.05) is 5.32 Å². The van der Waals surface area contributed by atoms with E-state index in [1.54, 1.807) is 30.5 Å². The fourth-order valence-electron chi connectivity index (χ4n) is 2.55. The van der Waals surface area contributed by atoms with Gasteiger partial charge in [0.1, 0.15) is 17.9 Å². The first-order valence-corrected chi connectivity index (χ1v) is 7.56. The third-order valence-corrected chi connectivity index (χ3v) is 3.74. The minimum absolute atomic E-state index is 0.226. The zero-order valence-electron chi connectivity index (χ0n) is 12.8. The van der Waals surface area contributed by atoms with Gasteiger partial charge in [-0.05, 0) is 29.8 Å². The van der Waals surface area contributed by atoms with Crippen molar-refractivity contribution in [3.8, 4) is 5.75 Å². The molecule has 0 aliphatic rings. The molecular formula is C18H15N5O. The molecule has 4 rings (SSSR count). The van der Waals surface area contributed by atoms with Gasteiger partial charge in [0.2, 0.25) is 0 Å². The Morgan fingerprint density at radius 3 is 2.54 bits per heavy atom. The van der Waals surface area contributed by atoms with E-state index in [0.717, 1.165) is 22.3 Å². The molecule has 0 radical (unpaired) electrons. The van der Waals surface area contributed by atoms with Crippen LogP contribution in [0.15, 0.2) is 67.1 Å². The Balaban J connectivity index is 1.67. The Bertz CT molecular complexity index is 964. The summed E-state index contributed by atoms with van der Waals surface area (Å²) in [5.41, 5.74) is 2.77. The van der Waals surface area contributed by atoms with Crippen molar-refractivity contribution < 1.29 is 5.11 Å². The third-order valence-electron chi connectivity index (χ3n) is 3.74. The molecule has 0 aliphatic carbocycles. The summed E-state index contributed by atoms with van der Waals surface area (Å²) >= 11 is 0. The summed E-state index contributed by atoms with van der Waals surface area (Å²) in [7, 11) is 0. The van der Waals surface area contributed by atoms with Gasteiger partial charge in [-0.1, -0.05) is 30.3 Å². The summed E-state index contributed by atoms with van der Waals surface area (Å²) in [4.78, 5) is 8.67. The standard InChI is InChI=1S/C18H15N5O/c24-15-8-6-14(7-9-15)22-17-16-10-21-23(18(16)20-12-19-17)11-13-4-2-1-3-5-13/h1-10,12,24H,11H2,(H,19,20,22). The summed E-state index contributed by atoms with van der Waals surface area (Å²) in [5, 5.41) is 17.9. The molecule has 0 aliphatic heterocycles. The number of phenols is 1. The van der Waals surface area contributed by atoms with Crippen molar-refractivity contribution in [3.05, 3.63) is 72.7 Å². The lowest BCUT2D eigenvalue weighted by atomic mass is 10.2. The van der Waals surface area contributed by atoms with E-state index >= 15 is 0 Å². The van der Waals surface area contributed by atoms with E-state index in [1.807, 2.05) is 22.9 Å². The lowest BCUT2D eigenvalue weighted by molar-refractivity contribution is 0.475. The summed E-state index contributed by atoms with van der Waals surface area (Å²) in [6.07, 6.45) is 3.29. The molecule has 2 aromatic carbocycles. The van der Waals surface area contributed by atoms with Crippen LogP contribution in [0.5, 0.6) is 5.75 Å². The van der Waals surface area contributed by atoms with Gasteiger partial charge in [-0.3, -0.25) is 0 Å². The largest absolute Gasteiger partial charge is 0.508 e. The summed E-state index contributed by atoms with van der Waals surface area (Å²) in [6.45, 7) is 0.653. The molecule has 0 bridgehead atoms. The van der Waals surface area contributed by atoms with E-state index in [2.05, 4.69) is 32.5 Å². The van der Waals surface area contributed by atoms with Gasteiger partial charge in [-0.15, -0.1) is 0 Å². The van der Waals surface area contributed by atoms with Gasteiger partial charge in [0.05, 0.1) is 18.1 Å². The molecule has 6 nitrogen and oxygen atoms in total. The molecule has 0 saturated carbocycles. The lowest BCUT2D eigenvalue weighted by Crippen LogP contribution is -2.03. The van der Waals surface area contributed by atoms with Crippen molar-refractivity contribution in [2.24, 2.45) is 0 Å². The van der Waals surface area contributed by atoms with Crippen molar-refractivity contribution >= 4 is 22.5 Å². The van der Waals surface area contributed by atoms with Gasteiger partial charge < -0.3 is 10.4 Å². The minimum atomic E-state index is 0.226. The number of rotatable bonds is 4. The zero-order valence-corrected chi connectivity index (χ0v) is 12.8. The van der Waals surface area contributed by atoms with Crippen LogP contribution >= 0.6 is 0 Å². The maximum Gasteiger partial charge on any atom is 0.163 e. The van der Waals surface area contributed by atoms with Crippen LogP contribution in [0.2, 0.25) is 0 Å². The quantitative estimate of drug-likeness (QED) is 0.565. The van der Waals surface area contributed by atoms with E-state index in [4.69, 9.17) is 0 Å². The smallest absolute Gasteiger partial charge is 0.163 e. The SMILES string of the molecule is Oc1ccc(Nc2ncnc3c2cnn3Cc2ccccc2)cc1. The van der Waals surface area contributed by atoms with Crippen LogP contribution in [-0.2, 0) is 6.54 Å². The topological polar surface area (TPSA) is 75.9 Å². The number of hydrogen-bond acceptors (Lipinski definition) is 5. The molecular weight excluding hydrogens is 302 g/mol. The summed E-state index contributed by atoms with van der Waals surface area (Å²) < 4.78 is 1.86. The molecule has 0 unspecified atom stereocenters. The third kappa shape index (κ3) is 2.77. The maximum atomic E-state index is 9.37. The molecule has 118 valence electrons. The molecule has 2 N–H and O–H groups in total. The molecule has 0 saturated heterocycles. The second-order valence-electron chi connectivity index (χ2n) is 5.42. The first kappa shape index (κ1) is 14.2. The second-order valence-corrected chi connectivity index (χ2v) is 5.42. The first-order chi connectivity index (χ1) is 11.8. The number of hydrogen-bond donors (Lipinski definition) is 2. The van der Waals surface area contributed by atoms with Crippen LogP contribution in [0.1, 0.15) is 5.56 Å². The average Bonchev–Trinajstić information content (AvgIpc) is 3.02. The lowest BCUT2D eigenvalue weighted by Gasteiger charge is -2.07. The number of nitrogens with one attached hydrogen (secondary N) is 1. The Labute approximate surface area is 138 Å². The minimum Gasteiger partial charge on any atom is -0.508 e. The highest BCUT2D eigenvalue weighted by molar-refractivity contribution is 5.88. The van der Waals surface area contributed by atoms with Crippen LogP contribution in [-0.4, -0.2) is 24.9 Å². The monoisotopic (exact) mass is 317 g/mol. The number of anilines is 2. The van der Waals surface area contributed by atoms with Gasteiger partial charge in [-0.2, -0.15) is 5.10 Å². The second kappa shape index (κ2) is 6.00. The van der Waals surface area contributed by atoms with Crippen LogP contribution in [0.25, 0.3) is 11.0 Å². The molecule has 0 fully saturated rings. The van der Waals surface area contributed by atoms with Gasteiger partial charge in [0.25, 0.3) is 0 Å². The highest BCUT2D eigenvalue weighted by atomic mass is 16.3. The van der Waals surface area contributed by atoms with Gasteiger partial charge in [-0.25, -0.2) is 14.6 Å². The number of benzene rings is 2. The summed E-state index contributed by atoms with van der Waals surface area (Å²) in [5.74, 6) is 0.911. The predicted octanol–water partition coefficient (Wildman–Crippen LogP) is 3.32. The van der Waals surface area contributed by atoms with Crippen LogP contribution in [0, 0.1) is 0 Å². The molecule has 0 spiro atoms. The molecule has 6 heteroatoms. The van der Waals surface area contributed by atoms with Gasteiger partial charge >= 0.3 is 0 Å². The van der Waals surface area contributed by atoms with E-state index in [0.29, 0.717) is 12.4 Å². The van der Waals surface area contributed by atoms with Crippen molar-refractivity contribution in [2.45, 2.75) is 6.54 Å². The number of phenolic OH excluding ortho intramolecular Hbond substituents is 1. The Morgan fingerprint density at radius 2 is 1.75 bits per heavy atom. The highest BCUT2D eigenvalue weighted by Crippen LogP contribution is 2.24. The van der Waals surface area contributed by atoms with Gasteiger partial charge in [0, 0.05) is 5.69 Å². The maximum absolute atomic E-state index is 9.37. The first-order valence-electron chi connectivity index (χ1n) is 7.56. The Hall–Kier alpha value is -3.41. The zero-order chi connectivity index (χ0) is 16.4.